The van der Waals surface area contributed by atoms with Crippen LogP contribution in [-0.4, -0.2) is 0 Å². The molecule has 0 aliphatic carbocycles. The zero-order valence-electron chi connectivity index (χ0n) is 18.6. The summed E-state index contributed by atoms with van der Waals surface area (Å²) in [4.78, 5) is 0. The van der Waals surface area contributed by atoms with Gasteiger partial charge in [0.2, 0.25) is 0 Å². The SMILES string of the molecule is CC[c-]1cccc1.CC[c-]1cccc1.CC[c-]1cccc1.CC[c-]1cccc1.[Zr+4]. The average Bonchev–Trinajstić information content (AvgIpc) is 3.57. The molecule has 0 aliphatic heterocycles. The minimum absolute atomic E-state index is 0. The smallest absolute Gasteiger partial charge is 0.213 e. The zero-order valence-corrected chi connectivity index (χ0v) is 21.0. The zero-order chi connectivity index (χ0) is 20.5. The molecule has 4 aromatic carbocycles. The first-order valence-corrected chi connectivity index (χ1v) is 10.6. The summed E-state index contributed by atoms with van der Waals surface area (Å²) in [6, 6.07) is 33.7. The molecule has 29 heavy (non-hydrogen) atoms. The fourth-order valence-electron chi connectivity index (χ4n) is 2.60. The van der Waals surface area contributed by atoms with Gasteiger partial charge in [-0.25, -0.2) is 48.5 Å². The number of hydrogen-bond donors (Lipinski definition) is 0. The molecule has 4 rings (SSSR count). The van der Waals surface area contributed by atoms with Gasteiger partial charge in [-0.15, -0.1) is 0 Å². The van der Waals surface area contributed by atoms with Gasteiger partial charge in [-0.3, -0.25) is 0 Å². The second kappa shape index (κ2) is 18.3. The van der Waals surface area contributed by atoms with Crippen molar-refractivity contribution in [3.63, 3.8) is 0 Å². The fourth-order valence-corrected chi connectivity index (χ4v) is 2.60. The van der Waals surface area contributed by atoms with Crippen LogP contribution in [0.4, 0.5) is 0 Å². The molecule has 1 heteroatoms. The number of aryl methyl sites for hydroxylation is 4. The van der Waals surface area contributed by atoms with Crippen LogP contribution in [-0.2, 0) is 51.9 Å². The summed E-state index contributed by atoms with van der Waals surface area (Å²) < 4.78 is 0. The molecule has 0 radical (unpaired) electrons. The molecule has 152 valence electrons. The molecule has 0 heterocycles. The predicted octanol–water partition coefficient (Wildman–Crippen LogP) is 7.87. The first kappa shape index (κ1) is 27.3. The summed E-state index contributed by atoms with van der Waals surface area (Å²) in [6.45, 7) is 8.65. The van der Waals surface area contributed by atoms with Gasteiger partial charge in [0, 0.05) is 0 Å². The Bertz CT molecular complexity index is 602. The largest absolute Gasteiger partial charge is 4.00 e. The maximum absolute atomic E-state index is 2.16. The normalized spacial score (nSPS) is 8.97. The molecule has 0 saturated heterocycles. The molecule has 0 atom stereocenters. The Kier molecular flexibility index (Phi) is 17.2. The Morgan fingerprint density at radius 2 is 0.483 bits per heavy atom. The summed E-state index contributed by atoms with van der Waals surface area (Å²) in [7, 11) is 0. The molecule has 0 unspecified atom stereocenters. The monoisotopic (exact) mass is 462 g/mol. The van der Waals surface area contributed by atoms with Crippen molar-refractivity contribution in [2.45, 2.75) is 53.4 Å². The van der Waals surface area contributed by atoms with E-state index >= 15 is 0 Å². The Morgan fingerprint density at radius 3 is 0.552 bits per heavy atom. The molecule has 0 aromatic heterocycles. The van der Waals surface area contributed by atoms with E-state index in [9.17, 15) is 0 Å². The Balaban J connectivity index is 0.000000356. The first-order valence-electron chi connectivity index (χ1n) is 10.6. The maximum atomic E-state index is 2.16. The van der Waals surface area contributed by atoms with Crippen LogP contribution in [0.25, 0.3) is 0 Å². The van der Waals surface area contributed by atoms with E-state index in [0.717, 1.165) is 25.7 Å². The summed E-state index contributed by atoms with van der Waals surface area (Å²) in [5.41, 5.74) is 5.72. The second-order valence-electron chi connectivity index (χ2n) is 6.59. The fraction of sp³-hybridized carbons (Fsp3) is 0.286. The van der Waals surface area contributed by atoms with E-state index in [1.165, 1.54) is 22.3 Å². The van der Waals surface area contributed by atoms with Crippen LogP contribution in [0.2, 0.25) is 0 Å². The van der Waals surface area contributed by atoms with Gasteiger partial charge in [0.15, 0.2) is 0 Å². The van der Waals surface area contributed by atoms with Crippen molar-refractivity contribution in [2.75, 3.05) is 0 Å². The van der Waals surface area contributed by atoms with Crippen LogP contribution in [0, 0.1) is 0 Å². The summed E-state index contributed by atoms with van der Waals surface area (Å²) in [6.07, 6.45) is 4.64. The van der Waals surface area contributed by atoms with Gasteiger partial charge >= 0.3 is 26.2 Å². The Morgan fingerprint density at radius 1 is 0.345 bits per heavy atom. The van der Waals surface area contributed by atoms with Crippen molar-refractivity contribution in [1.29, 1.82) is 0 Å². The second-order valence-corrected chi connectivity index (χ2v) is 6.59. The molecule has 4 aromatic rings. The van der Waals surface area contributed by atoms with Crippen molar-refractivity contribution < 1.29 is 26.2 Å². The van der Waals surface area contributed by atoms with Crippen molar-refractivity contribution in [3.8, 4) is 0 Å². The van der Waals surface area contributed by atoms with Gasteiger partial charge in [-0.05, 0) is 0 Å². The summed E-state index contributed by atoms with van der Waals surface area (Å²) >= 11 is 0. The summed E-state index contributed by atoms with van der Waals surface area (Å²) in [5.74, 6) is 0. The van der Waals surface area contributed by atoms with Crippen LogP contribution in [0.5, 0.6) is 0 Å². The van der Waals surface area contributed by atoms with E-state index in [4.69, 9.17) is 0 Å². The van der Waals surface area contributed by atoms with Crippen molar-refractivity contribution >= 4 is 0 Å². The van der Waals surface area contributed by atoms with E-state index in [2.05, 4.69) is 125 Å². The van der Waals surface area contributed by atoms with Crippen LogP contribution >= 0.6 is 0 Å². The third kappa shape index (κ3) is 13.2. The summed E-state index contributed by atoms with van der Waals surface area (Å²) in [5, 5.41) is 0. The van der Waals surface area contributed by atoms with E-state index in [0.29, 0.717) is 0 Å². The van der Waals surface area contributed by atoms with E-state index in [-0.39, 0.29) is 26.2 Å². The molecule has 0 spiro atoms. The molecular formula is C28H36Zr. The molecule has 0 amide bonds. The first-order chi connectivity index (χ1) is 13.7. The standard InChI is InChI=1S/4C7H9.Zr/c4*1-2-7-5-3-4-6-7;/h4*3-6H,2H2,1H3;/q4*-1;+4. The Hall–Kier alpha value is -1.72. The predicted molar refractivity (Wildman–Crippen MR) is 126 cm³/mol. The van der Waals surface area contributed by atoms with Gasteiger partial charge in [-0.2, -0.15) is 70.8 Å². The van der Waals surface area contributed by atoms with Gasteiger partial charge in [0.1, 0.15) is 0 Å². The molecule has 0 N–H and O–H groups in total. The van der Waals surface area contributed by atoms with Gasteiger partial charge < -0.3 is 0 Å². The van der Waals surface area contributed by atoms with Gasteiger partial charge in [-0.1, -0.05) is 53.4 Å². The van der Waals surface area contributed by atoms with E-state index in [1.54, 1.807) is 0 Å². The molecule has 0 nitrogen and oxygen atoms in total. The molecule has 0 fully saturated rings. The van der Waals surface area contributed by atoms with Crippen LogP contribution < -0.4 is 0 Å². The van der Waals surface area contributed by atoms with Crippen LogP contribution in [0.3, 0.4) is 0 Å². The molecule has 0 bridgehead atoms. The van der Waals surface area contributed by atoms with Crippen molar-refractivity contribution in [2.24, 2.45) is 0 Å². The third-order valence-electron chi connectivity index (χ3n) is 4.56. The minimum Gasteiger partial charge on any atom is -0.213 e. The van der Waals surface area contributed by atoms with Gasteiger partial charge in [0.25, 0.3) is 0 Å². The van der Waals surface area contributed by atoms with E-state index < -0.39 is 0 Å². The van der Waals surface area contributed by atoms with Crippen LogP contribution in [0.1, 0.15) is 49.9 Å². The number of rotatable bonds is 4. The molecular weight excluding hydrogens is 428 g/mol. The van der Waals surface area contributed by atoms with Crippen molar-refractivity contribution in [1.82, 2.24) is 0 Å². The van der Waals surface area contributed by atoms with Gasteiger partial charge in [0.05, 0.1) is 0 Å². The quantitative estimate of drug-likeness (QED) is 0.270. The molecule has 0 aliphatic rings. The maximum Gasteiger partial charge on any atom is 4.00 e. The van der Waals surface area contributed by atoms with Crippen molar-refractivity contribution in [3.05, 3.63) is 119 Å². The minimum atomic E-state index is 0. The third-order valence-corrected chi connectivity index (χ3v) is 4.56. The van der Waals surface area contributed by atoms with Crippen LogP contribution in [0.15, 0.2) is 97.1 Å². The molecule has 0 saturated carbocycles. The average molecular weight is 464 g/mol. The number of hydrogen-bond acceptors (Lipinski definition) is 0. The Labute approximate surface area is 198 Å². The van der Waals surface area contributed by atoms with E-state index in [1.807, 2.05) is 0 Å². The topological polar surface area (TPSA) is 0 Å².